The molecule has 0 fully saturated rings. The van der Waals surface area contributed by atoms with Crippen LogP contribution in [0.4, 0.5) is 5.82 Å². The lowest BCUT2D eigenvalue weighted by Crippen LogP contribution is -2.21. The lowest BCUT2D eigenvalue weighted by molar-refractivity contribution is -0.113. The number of aryl methyl sites for hydroxylation is 1. The van der Waals surface area contributed by atoms with Crippen LogP contribution < -0.4 is 10.9 Å². The monoisotopic (exact) mass is 391 g/mol. The highest BCUT2D eigenvalue weighted by atomic mass is 32.2. The quantitative estimate of drug-likeness (QED) is 0.546. The van der Waals surface area contributed by atoms with Crippen LogP contribution in [0, 0.1) is 0 Å². The summed E-state index contributed by atoms with van der Waals surface area (Å²) in [7, 11) is 3.47. The van der Waals surface area contributed by atoms with Gasteiger partial charge in [0.15, 0.2) is 5.16 Å². The smallest absolute Gasteiger partial charge is 0.262 e. The van der Waals surface area contributed by atoms with E-state index in [1.807, 2.05) is 11.4 Å². The highest BCUT2D eigenvalue weighted by Gasteiger charge is 2.20. The maximum absolute atomic E-state index is 12.3. The molecule has 1 N–H and O–H groups in total. The van der Waals surface area contributed by atoms with Crippen molar-refractivity contribution in [1.82, 2.24) is 19.3 Å². The molecule has 0 aliphatic heterocycles. The van der Waals surface area contributed by atoms with Crippen LogP contribution in [-0.2, 0) is 24.3 Å². The molecule has 0 aliphatic carbocycles. The summed E-state index contributed by atoms with van der Waals surface area (Å²) >= 11 is 2.66. The standard InChI is InChI=1S/C17H21N5O2S2/c1-17(2,3)11-8-12(22(5)20-11)18-13(23)9-26-16-19-14-10(6-7-25-14)15(24)21(16)4/h6-8H,9H2,1-5H3,(H,18,23). The number of nitrogens with zero attached hydrogens (tertiary/aromatic N) is 4. The molecule has 0 saturated heterocycles. The lowest BCUT2D eigenvalue weighted by Gasteiger charge is -2.13. The molecule has 0 saturated carbocycles. The topological polar surface area (TPSA) is 81.8 Å². The number of rotatable bonds is 4. The van der Waals surface area contributed by atoms with Gasteiger partial charge < -0.3 is 5.32 Å². The number of carbonyl (C=O) groups excluding carboxylic acids is 1. The van der Waals surface area contributed by atoms with Crippen molar-refractivity contribution in [3.63, 3.8) is 0 Å². The van der Waals surface area contributed by atoms with Crippen LogP contribution in [0.25, 0.3) is 10.2 Å². The number of aromatic nitrogens is 4. The van der Waals surface area contributed by atoms with E-state index in [1.54, 1.807) is 24.8 Å². The summed E-state index contributed by atoms with van der Waals surface area (Å²) in [5.74, 6) is 0.641. The van der Waals surface area contributed by atoms with Gasteiger partial charge in [-0.1, -0.05) is 32.5 Å². The fraction of sp³-hybridized carbons (Fsp3) is 0.412. The summed E-state index contributed by atoms with van der Waals surface area (Å²) in [4.78, 5) is 29.8. The zero-order valence-corrected chi connectivity index (χ0v) is 17.0. The largest absolute Gasteiger partial charge is 0.310 e. The van der Waals surface area contributed by atoms with Crippen molar-refractivity contribution in [3.8, 4) is 0 Å². The number of carbonyl (C=O) groups is 1. The van der Waals surface area contributed by atoms with E-state index >= 15 is 0 Å². The van der Waals surface area contributed by atoms with Gasteiger partial charge in [-0.05, 0) is 11.4 Å². The highest BCUT2D eigenvalue weighted by molar-refractivity contribution is 7.99. The van der Waals surface area contributed by atoms with Crippen LogP contribution >= 0.6 is 23.1 Å². The van der Waals surface area contributed by atoms with Gasteiger partial charge in [0, 0.05) is 25.6 Å². The summed E-state index contributed by atoms with van der Waals surface area (Å²) in [6.45, 7) is 6.22. The zero-order valence-electron chi connectivity index (χ0n) is 15.4. The molecule has 1 amide bonds. The van der Waals surface area contributed by atoms with Crippen LogP contribution in [-0.4, -0.2) is 31.0 Å². The highest BCUT2D eigenvalue weighted by Crippen LogP contribution is 2.24. The Morgan fingerprint density at radius 1 is 1.35 bits per heavy atom. The summed E-state index contributed by atoms with van der Waals surface area (Å²) < 4.78 is 3.14. The molecule has 138 valence electrons. The summed E-state index contributed by atoms with van der Waals surface area (Å²) in [6, 6.07) is 3.65. The number of hydrogen-bond donors (Lipinski definition) is 1. The minimum atomic E-state index is -0.168. The van der Waals surface area contributed by atoms with E-state index in [0.29, 0.717) is 21.2 Å². The average molecular weight is 392 g/mol. The molecule has 0 radical (unpaired) electrons. The van der Waals surface area contributed by atoms with E-state index in [0.717, 1.165) is 5.69 Å². The third-order valence-corrected chi connectivity index (χ3v) is 5.75. The van der Waals surface area contributed by atoms with Crippen LogP contribution in [0.2, 0.25) is 0 Å². The van der Waals surface area contributed by atoms with Gasteiger partial charge in [0.2, 0.25) is 5.91 Å². The molecule has 3 aromatic heterocycles. The van der Waals surface area contributed by atoms with E-state index in [-0.39, 0.29) is 22.6 Å². The predicted octanol–water partition coefficient (Wildman–Crippen LogP) is 2.76. The number of fused-ring (bicyclic) bond motifs is 1. The van der Waals surface area contributed by atoms with Gasteiger partial charge >= 0.3 is 0 Å². The van der Waals surface area contributed by atoms with E-state index in [2.05, 4.69) is 36.2 Å². The first-order chi connectivity index (χ1) is 12.2. The maximum atomic E-state index is 12.3. The predicted molar refractivity (Wildman–Crippen MR) is 106 cm³/mol. The average Bonchev–Trinajstić information content (AvgIpc) is 3.16. The number of nitrogens with one attached hydrogen (secondary N) is 1. The number of hydrogen-bond acceptors (Lipinski definition) is 6. The molecule has 0 unspecified atom stereocenters. The molecular weight excluding hydrogens is 370 g/mol. The molecule has 9 heteroatoms. The second-order valence-electron chi connectivity index (χ2n) is 7.02. The first kappa shape index (κ1) is 18.7. The van der Waals surface area contributed by atoms with Crippen molar-refractivity contribution in [2.24, 2.45) is 14.1 Å². The van der Waals surface area contributed by atoms with E-state index in [4.69, 9.17) is 0 Å². The van der Waals surface area contributed by atoms with E-state index < -0.39 is 0 Å². The van der Waals surface area contributed by atoms with Crippen molar-refractivity contribution < 1.29 is 4.79 Å². The third kappa shape index (κ3) is 3.68. The molecule has 3 heterocycles. The van der Waals surface area contributed by atoms with Gasteiger partial charge in [-0.2, -0.15) is 5.10 Å². The second kappa shape index (κ2) is 6.88. The van der Waals surface area contributed by atoms with Gasteiger partial charge in [-0.15, -0.1) is 11.3 Å². The Morgan fingerprint density at radius 2 is 2.08 bits per heavy atom. The summed E-state index contributed by atoms with van der Waals surface area (Å²) in [6.07, 6.45) is 0. The van der Waals surface area contributed by atoms with Gasteiger partial charge in [-0.3, -0.25) is 18.8 Å². The molecule has 0 spiro atoms. The third-order valence-electron chi connectivity index (χ3n) is 3.91. The van der Waals surface area contributed by atoms with Crippen molar-refractivity contribution in [2.75, 3.05) is 11.1 Å². The van der Waals surface area contributed by atoms with Crippen molar-refractivity contribution in [2.45, 2.75) is 31.3 Å². The Labute approximate surface area is 159 Å². The van der Waals surface area contributed by atoms with Gasteiger partial charge in [0.05, 0.1) is 16.8 Å². The molecule has 0 aromatic carbocycles. The van der Waals surface area contributed by atoms with E-state index in [1.165, 1.54) is 27.7 Å². The van der Waals surface area contributed by atoms with Crippen molar-refractivity contribution in [1.29, 1.82) is 0 Å². The van der Waals surface area contributed by atoms with Gasteiger partial charge in [0.25, 0.3) is 5.56 Å². The number of amides is 1. The molecule has 3 rings (SSSR count). The van der Waals surface area contributed by atoms with Gasteiger partial charge in [-0.25, -0.2) is 4.98 Å². The molecule has 0 aliphatic rings. The fourth-order valence-corrected chi connectivity index (χ4v) is 3.95. The van der Waals surface area contributed by atoms with Crippen molar-refractivity contribution >= 4 is 45.0 Å². The first-order valence-corrected chi connectivity index (χ1v) is 9.95. The maximum Gasteiger partial charge on any atom is 0.262 e. The first-order valence-electron chi connectivity index (χ1n) is 8.08. The lowest BCUT2D eigenvalue weighted by atomic mass is 9.92. The normalized spacial score (nSPS) is 11.9. The minimum Gasteiger partial charge on any atom is -0.310 e. The van der Waals surface area contributed by atoms with Crippen LogP contribution in [0.15, 0.2) is 27.5 Å². The van der Waals surface area contributed by atoms with Crippen molar-refractivity contribution in [3.05, 3.63) is 33.6 Å². The van der Waals surface area contributed by atoms with Gasteiger partial charge in [0.1, 0.15) is 10.6 Å². The number of anilines is 1. The second-order valence-corrected chi connectivity index (χ2v) is 8.86. The Hall–Kier alpha value is -2.13. The molecule has 0 atom stereocenters. The fourth-order valence-electron chi connectivity index (χ4n) is 2.37. The van der Waals surface area contributed by atoms with Crippen LogP contribution in [0.5, 0.6) is 0 Å². The zero-order chi connectivity index (χ0) is 19.1. The Kier molecular flexibility index (Phi) is 4.94. The van der Waals surface area contributed by atoms with Crippen LogP contribution in [0.1, 0.15) is 26.5 Å². The summed E-state index contributed by atoms with van der Waals surface area (Å²) in [5.41, 5.74) is 0.726. The molecule has 3 aromatic rings. The Morgan fingerprint density at radius 3 is 2.73 bits per heavy atom. The molecular formula is C17H21N5O2S2. The minimum absolute atomic E-state index is 0.0895. The Balaban J connectivity index is 1.71. The van der Waals surface area contributed by atoms with Crippen LogP contribution in [0.3, 0.4) is 0 Å². The molecule has 7 nitrogen and oxygen atoms in total. The number of thioether (sulfide) groups is 1. The SMILES string of the molecule is Cn1nc(C(C)(C)C)cc1NC(=O)CSc1nc2sccc2c(=O)n1C. The van der Waals surface area contributed by atoms with E-state index in [9.17, 15) is 9.59 Å². The molecule has 0 bridgehead atoms. The number of thiophene rings is 1. The Bertz CT molecular complexity index is 1030. The molecule has 26 heavy (non-hydrogen) atoms. The summed E-state index contributed by atoms with van der Waals surface area (Å²) in [5, 5.41) is 10.3.